The number of aliphatic carboxylic acids is 1. The first-order chi connectivity index (χ1) is 6.99. The summed E-state index contributed by atoms with van der Waals surface area (Å²) in [7, 11) is 0. The molecule has 0 spiro atoms. The third-order valence-corrected chi connectivity index (χ3v) is 1.65. The summed E-state index contributed by atoms with van der Waals surface area (Å²) in [5.41, 5.74) is 0. The van der Waals surface area contributed by atoms with Crippen LogP contribution in [0.3, 0.4) is 0 Å². The van der Waals surface area contributed by atoms with E-state index in [1.807, 2.05) is 20.8 Å². The molecular formula is C10H20N2O3. The maximum atomic E-state index is 10.7. The first-order valence-corrected chi connectivity index (χ1v) is 4.99. The fourth-order valence-corrected chi connectivity index (χ4v) is 1.06. The molecule has 0 aromatic heterocycles. The van der Waals surface area contributed by atoms with Crippen molar-refractivity contribution in [3.05, 3.63) is 0 Å². The highest BCUT2D eigenvalue weighted by Crippen LogP contribution is 2.04. The summed E-state index contributed by atoms with van der Waals surface area (Å²) in [6.45, 7) is 6.87. The average molecular weight is 216 g/mol. The molecule has 0 aromatic carbocycles. The number of carbonyl (C=O) groups is 1. The second kappa shape index (κ2) is 10.9. The lowest BCUT2D eigenvalue weighted by Gasteiger charge is -2.15. The lowest BCUT2D eigenvalue weighted by Crippen LogP contribution is -2.38. The second-order valence-corrected chi connectivity index (χ2v) is 3.58. The molecule has 0 rings (SSSR count). The fraction of sp³-hybridized carbons (Fsp3) is 0.800. The van der Waals surface area contributed by atoms with Gasteiger partial charge in [-0.1, -0.05) is 20.8 Å². The highest BCUT2D eigenvalue weighted by molar-refractivity contribution is 5.73. The number of rotatable bonds is 6. The van der Waals surface area contributed by atoms with Gasteiger partial charge in [-0.25, -0.2) is 10.2 Å². The molecule has 0 amide bonds. The molecule has 0 saturated carbocycles. The van der Waals surface area contributed by atoms with Crippen LogP contribution in [-0.4, -0.2) is 29.7 Å². The Morgan fingerprint density at radius 2 is 2.00 bits per heavy atom. The van der Waals surface area contributed by atoms with Crippen molar-refractivity contribution in [3.63, 3.8) is 0 Å². The predicted octanol–water partition coefficient (Wildman–Crippen LogP) is 1.39. The predicted molar refractivity (Wildman–Crippen MR) is 57.6 cm³/mol. The minimum Gasteiger partial charge on any atom is -0.480 e. The van der Waals surface area contributed by atoms with Crippen molar-refractivity contribution in [1.29, 1.82) is 5.41 Å². The van der Waals surface area contributed by atoms with Gasteiger partial charge < -0.3 is 10.4 Å². The normalized spacial score (nSPS) is 11.2. The summed E-state index contributed by atoms with van der Waals surface area (Å²) in [5.74, 6) is -0.312. The molecular weight excluding hydrogens is 196 g/mol. The third kappa shape index (κ3) is 12.8. The largest absolute Gasteiger partial charge is 0.480 e. The summed E-state index contributed by atoms with van der Waals surface area (Å²) in [6.07, 6.45) is 2.43. The first-order valence-electron chi connectivity index (χ1n) is 4.99. The molecule has 0 heterocycles. The van der Waals surface area contributed by atoms with E-state index in [0.29, 0.717) is 12.3 Å². The average Bonchev–Trinajstić information content (AvgIpc) is 2.12. The van der Waals surface area contributed by atoms with Crippen LogP contribution in [0.4, 0.5) is 0 Å². The number of isocyanates is 1. The molecule has 0 aliphatic rings. The van der Waals surface area contributed by atoms with Crippen LogP contribution < -0.4 is 5.32 Å². The standard InChI is InChI=1S/C9H19NO2.CHNO/c1-4-5-10-8(9(11)12)6-7(2)3;2-1-3/h7-8,10H,4-6H2,1-3H3,(H,11,12);2H. The minimum absolute atomic E-state index is 0.370. The van der Waals surface area contributed by atoms with Crippen LogP contribution >= 0.6 is 0 Å². The van der Waals surface area contributed by atoms with E-state index >= 15 is 0 Å². The number of carboxylic acids is 1. The van der Waals surface area contributed by atoms with Crippen LogP contribution in [0.5, 0.6) is 0 Å². The van der Waals surface area contributed by atoms with Crippen molar-refractivity contribution in [3.8, 4) is 0 Å². The van der Waals surface area contributed by atoms with Gasteiger partial charge in [-0.3, -0.25) is 4.79 Å². The monoisotopic (exact) mass is 216 g/mol. The van der Waals surface area contributed by atoms with Crippen molar-refractivity contribution < 1.29 is 14.7 Å². The maximum absolute atomic E-state index is 10.7. The zero-order valence-corrected chi connectivity index (χ0v) is 9.54. The first kappa shape index (κ1) is 16.2. The van der Waals surface area contributed by atoms with E-state index in [1.165, 1.54) is 0 Å². The number of carboxylic acid groups (broad SMARTS) is 1. The Bertz CT molecular complexity index is 199. The van der Waals surface area contributed by atoms with E-state index in [0.717, 1.165) is 19.0 Å². The van der Waals surface area contributed by atoms with Crippen LogP contribution in [0, 0.1) is 11.3 Å². The van der Waals surface area contributed by atoms with Crippen molar-refractivity contribution in [1.82, 2.24) is 5.32 Å². The van der Waals surface area contributed by atoms with Gasteiger partial charge in [0.1, 0.15) is 6.04 Å². The third-order valence-electron chi connectivity index (χ3n) is 1.65. The quantitative estimate of drug-likeness (QED) is 0.462. The minimum atomic E-state index is -0.739. The van der Waals surface area contributed by atoms with E-state index in [-0.39, 0.29) is 6.04 Å². The highest BCUT2D eigenvalue weighted by atomic mass is 16.4. The van der Waals surface area contributed by atoms with Gasteiger partial charge in [0.15, 0.2) is 0 Å². The van der Waals surface area contributed by atoms with E-state index in [4.69, 9.17) is 15.3 Å². The number of hydrogen-bond donors (Lipinski definition) is 3. The SMILES string of the molecule is CCCNC(CC(C)C)C(=O)O.N=C=O. The van der Waals surface area contributed by atoms with Gasteiger partial charge in [0, 0.05) is 0 Å². The van der Waals surface area contributed by atoms with E-state index < -0.39 is 5.97 Å². The Labute approximate surface area is 90.4 Å². The Morgan fingerprint density at radius 1 is 1.53 bits per heavy atom. The van der Waals surface area contributed by atoms with Gasteiger partial charge in [-0.05, 0) is 25.3 Å². The maximum Gasteiger partial charge on any atom is 0.320 e. The summed E-state index contributed by atoms with van der Waals surface area (Å²) in [5, 5.41) is 17.2. The number of carbonyl (C=O) groups excluding carboxylic acids is 1. The summed E-state index contributed by atoms with van der Waals surface area (Å²) in [4.78, 5) is 19.0. The summed E-state index contributed by atoms with van der Waals surface area (Å²) < 4.78 is 0. The van der Waals surface area contributed by atoms with Crippen LogP contribution in [0.2, 0.25) is 0 Å². The number of hydrogen-bond acceptors (Lipinski definition) is 4. The Morgan fingerprint density at radius 3 is 2.27 bits per heavy atom. The molecule has 88 valence electrons. The zero-order valence-electron chi connectivity index (χ0n) is 9.54. The molecule has 0 aromatic rings. The van der Waals surface area contributed by atoms with Gasteiger partial charge in [0.2, 0.25) is 6.08 Å². The van der Waals surface area contributed by atoms with Gasteiger partial charge in [0.05, 0.1) is 0 Å². The van der Waals surface area contributed by atoms with Gasteiger partial charge in [-0.2, -0.15) is 0 Å². The summed E-state index contributed by atoms with van der Waals surface area (Å²) >= 11 is 0. The topological polar surface area (TPSA) is 90.2 Å². The molecule has 0 aliphatic carbocycles. The van der Waals surface area contributed by atoms with E-state index in [9.17, 15) is 4.79 Å². The molecule has 0 bridgehead atoms. The fourth-order valence-electron chi connectivity index (χ4n) is 1.06. The van der Waals surface area contributed by atoms with Crippen molar-refractivity contribution in [2.75, 3.05) is 6.54 Å². The molecule has 5 nitrogen and oxygen atoms in total. The van der Waals surface area contributed by atoms with Gasteiger partial charge in [0.25, 0.3) is 0 Å². The molecule has 0 aliphatic heterocycles. The molecule has 5 heteroatoms. The van der Waals surface area contributed by atoms with Crippen LogP contribution in [0.15, 0.2) is 0 Å². The van der Waals surface area contributed by atoms with Gasteiger partial charge in [-0.15, -0.1) is 0 Å². The summed E-state index contributed by atoms with van der Waals surface area (Å²) in [6, 6.07) is -0.370. The smallest absolute Gasteiger partial charge is 0.320 e. The molecule has 0 radical (unpaired) electrons. The Kier molecular flexibility index (Phi) is 11.8. The molecule has 0 saturated heterocycles. The lowest BCUT2D eigenvalue weighted by atomic mass is 10.0. The molecule has 0 fully saturated rings. The van der Waals surface area contributed by atoms with Crippen molar-refractivity contribution >= 4 is 12.0 Å². The molecule has 15 heavy (non-hydrogen) atoms. The Hall–Kier alpha value is -1.19. The van der Waals surface area contributed by atoms with Crippen molar-refractivity contribution in [2.24, 2.45) is 5.92 Å². The van der Waals surface area contributed by atoms with Crippen LogP contribution in [0.25, 0.3) is 0 Å². The lowest BCUT2D eigenvalue weighted by molar-refractivity contribution is -0.139. The van der Waals surface area contributed by atoms with E-state index in [1.54, 1.807) is 0 Å². The van der Waals surface area contributed by atoms with E-state index in [2.05, 4.69) is 5.32 Å². The number of nitrogens with one attached hydrogen (secondary N) is 2. The molecule has 1 unspecified atom stereocenters. The second-order valence-electron chi connectivity index (χ2n) is 3.58. The van der Waals surface area contributed by atoms with Crippen LogP contribution in [-0.2, 0) is 9.59 Å². The van der Waals surface area contributed by atoms with Crippen LogP contribution in [0.1, 0.15) is 33.6 Å². The molecule has 3 N–H and O–H groups in total. The van der Waals surface area contributed by atoms with Crippen molar-refractivity contribution in [2.45, 2.75) is 39.7 Å². The molecule has 1 atom stereocenters. The highest BCUT2D eigenvalue weighted by Gasteiger charge is 2.16. The van der Waals surface area contributed by atoms with Gasteiger partial charge >= 0.3 is 5.97 Å². The Balaban J connectivity index is 0. The zero-order chi connectivity index (χ0) is 12.3.